The van der Waals surface area contributed by atoms with Crippen molar-refractivity contribution in [2.75, 3.05) is 13.7 Å². The van der Waals surface area contributed by atoms with Gasteiger partial charge in [0.1, 0.15) is 11.9 Å². The van der Waals surface area contributed by atoms with Crippen LogP contribution in [0.4, 0.5) is 0 Å². The minimum atomic E-state index is -0.0484. The predicted molar refractivity (Wildman–Crippen MR) is 84.2 cm³/mol. The zero-order chi connectivity index (χ0) is 15.2. The number of carbonyl (C=O) groups excluding carboxylic acids is 1. The van der Waals surface area contributed by atoms with E-state index in [1.165, 1.54) is 0 Å². The third-order valence-corrected chi connectivity index (χ3v) is 3.97. The molecular weight excluding hydrogens is 264 g/mol. The highest BCUT2D eigenvalue weighted by Gasteiger charge is 2.38. The maximum atomic E-state index is 12.6. The zero-order valence-corrected chi connectivity index (χ0v) is 13.3. The van der Waals surface area contributed by atoms with E-state index >= 15 is 0 Å². The number of methoxy groups -OCH3 is 1. The Morgan fingerprint density at radius 3 is 2.76 bits per heavy atom. The molecule has 1 saturated heterocycles. The first-order valence-corrected chi connectivity index (χ1v) is 7.91. The van der Waals surface area contributed by atoms with Gasteiger partial charge in [0.05, 0.1) is 13.2 Å². The molecule has 1 aromatic rings. The van der Waals surface area contributed by atoms with Crippen LogP contribution in [0.15, 0.2) is 24.3 Å². The number of hydrogen-bond donors (Lipinski definition) is 1. The lowest BCUT2D eigenvalue weighted by Gasteiger charge is -2.24. The molecule has 0 aliphatic carbocycles. The quantitative estimate of drug-likeness (QED) is 0.839. The fourth-order valence-electron chi connectivity index (χ4n) is 2.86. The van der Waals surface area contributed by atoms with E-state index < -0.39 is 0 Å². The molecule has 116 valence electrons. The molecule has 0 spiro atoms. The number of hydrogen-bond acceptors (Lipinski definition) is 3. The smallest absolute Gasteiger partial charge is 0.241 e. The summed E-state index contributed by atoms with van der Waals surface area (Å²) in [5.41, 5.74) is 1.09. The van der Waals surface area contributed by atoms with Gasteiger partial charge in [-0.25, -0.2) is 0 Å². The van der Waals surface area contributed by atoms with Crippen LogP contribution in [-0.2, 0) is 4.79 Å². The third kappa shape index (κ3) is 3.56. The fraction of sp³-hybridized carbons (Fsp3) is 0.588. The van der Waals surface area contributed by atoms with Crippen molar-refractivity contribution in [3.8, 4) is 5.75 Å². The summed E-state index contributed by atoms with van der Waals surface area (Å²) in [5, 5.41) is 3.50. The van der Waals surface area contributed by atoms with E-state index in [1.807, 2.05) is 23.1 Å². The van der Waals surface area contributed by atoms with Crippen molar-refractivity contribution in [1.82, 2.24) is 10.2 Å². The van der Waals surface area contributed by atoms with E-state index in [-0.39, 0.29) is 18.1 Å². The van der Waals surface area contributed by atoms with Crippen molar-refractivity contribution < 1.29 is 9.53 Å². The Hall–Kier alpha value is -1.55. The SMILES string of the molecule is CCCCC1NC(c2cccc(OC)c2)N(CCC)C1=O. The summed E-state index contributed by atoms with van der Waals surface area (Å²) < 4.78 is 5.30. The first-order valence-electron chi connectivity index (χ1n) is 7.91. The highest BCUT2D eigenvalue weighted by Crippen LogP contribution is 2.29. The lowest BCUT2D eigenvalue weighted by atomic mass is 10.1. The maximum absolute atomic E-state index is 12.6. The molecule has 0 aromatic heterocycles. The Kier molecular flexibility index (Phi) is 5.62. The van der Waals surface area contributed by atoms with Crippen LogP contribution in [0.25, 0.3) is 0 Å². The number of rotatable bonds is 7. The molecule has 2 unspecified atom stereocenters. The Morgan fingerprint density at radius 1 is 1.29 bits per heavy atom. The van der Waals surface area contributed by atoms with E-state index in [0.717, 1.165) is 43.5 Å². The molecular formula is C17H26N2O2. The number of ether oxygens (including phenoxy) is 1. The van der Waals surface area contributed by atoms with Crippen LogP contribution in [0.1, 0.15) is 51.3 Å². The van der Waals surface area contributed by atoms with Crippen LogP contribution in [0, 0.1) is 0 Å². The fourth-order valence-corrected chi connectivity index (χ4v) is 2.86. The number of amides is 1. The van der Waals surface area contributed by atoms with Crippen molar-refractivity contribution in [3.63, 3.8) is 0 Å². The van der Waals surface area contributed by atoms with Crippen LogP contribution in [0.5, 0.6) is 5.75 Å². The summed E-state index contributed by atoms with van der Waals surface area (Å²) >= 11 is 0. The third-order valence-electron chi connectivity index (χ3n) is 3.97. The molecule has 4 heteroatoms. The molecule has 2 rings (SSSR count). The van der Waals surface area contributed by atoms with Gasteiger partial charge >= 0.3 is 0 Å². The van der Waals surface area contributed by atoms with Crippen molar-refractivity contribution in [1.29, 1.82) is 0 Å². The summed E-state index contributed by atoms with van der Waals surface area (Å²) in [6.07, 6.45) is 4.04. The molecule has 1 amide bonds. The van der Waals surface area contributed by atoms with Crippen molar-refractivity contribution in [2.24, 2.45) is 0 Å². The first-order chi connectivity index (χ1) is 10.2. The number of carbonyl (C=O) groups is 1. The van der Waals surface area contributed by atoms with E-state index in [4.69, 9.17) is 4.74 Å². The second kappa shape index (κ2) is 7.46. The zero-order valence-electron chi connectivity index (χ0n) is 13.3. The Balaban J connectivity index is 2.20. The van der Waals surface area contributed by atoms with Gasteiger partial charge in [0.15, 0.2) is 0 Å². The molecule has 0 radical (unpaired) electrons. The molecule has 1 aliphatic heterocycles. The Morgan fingerprint density at radius 2 is 2.10 bits per heavy atom. The molecule has 2 atom stereocenters. The molecule has 1 fully saturated rings. The van der Waals surface area contributed by atoms with Crippen LogP contribution in [0.3, 0.4) is 0 Å². The van der Waals surface area contributed by atoms with Crippen LogP contribution < -0.4 is 10.1 Å². The van der Waals surface area contributed by atoms with Crippen LogP contribution in [-0.4, -0.2) is 30.5 Å². The van der Waals surface area contributed by atoms with Gasteiger partial charge in [-0.1, -0.05) is 38.8 Å². The van der Waals surface area contributed by atoms with Crippen molar-refractivity contribution in [2.45, 2.75) is 51.7 Å². The van der Waals surface area contributed by atoms with Gasteiger partial charge in [0.2, 0.25) is 5.91 Å². The topological polar surface area (TPSA) is 41.6 Å². The van der Waals surface area contributed by atoms with Crippen LogP contribution in [0.2, 0.25) is 0 Å². The number of unbranched alkanes of at least 4 members (excludes halogenated alkanes) is 1. The molecule has 0 bridgehead atoms. The van der Waals surface area contributed by atoms with Gasteiger partial charge in [-0.2, -0.15) is 0 Å². The lowest BCUT2D eigenvalue weighted by Crippen LogP contribution is -2.31. The minimum Gasteiger partial charge on any atom is -0.497 e. The second-order valence-corrected chi connectivity index (χ2v) is 5.57. The van der Waals surface area contributed by atoms with Gasteiger partial charge in [-0.3, -0.25) is 10.1 Å². The van der Waals surface area contributed by atoms with Crippen molar-refractivity contribution >= 4 is 5.91 Å². The molecule has 1 aliphatic rings. The van der Waals surface area contributed by atoms with Gasteiger partial charge in [-0.15, -0.1) is 0 Å². The van der Waals surface area contributed by atoms with Gasteiger partial charge in [0.25, 0.3) is 0 Å². The van der Waals surface area contributed by atoms with E-state index in [0.29, 0.717) is 0 Å². The molecule has 21 heavy (non-hydrogen) atoms. The second-order valence-electron chi connectivity index (χ2n) is 5.57. The average Bonchev–Trinajstić information content (AvgIpc) is 2.82. The monoisotopic (exact) mass is 290 g/mol. The first kappa shape index (κ1) is 15.8. The molecule has 1 heterocycles. The minimum absolute atomic E-state index is 0.0330. The van der Waals surface area contributed by atoms with Gasteiger partial charge in [-0.05, 0) is 30.5 Å². The summed E-state index contributed by atoms with van der Waals surface area (Å²) in [7, 11) is 1.67. The largest absolute Gasteiger partial charge is 0.497 e. The molecule has 1 N–H and O–H groups in total. The summed E-state index contributed by atoms with van der Waals surface area (Å²) in [5.74, 6) is 1.06. The molecule has 1 aromatic carbocycles. The highest BCUT2D eigenvalue weighted by atomic mass is 16.5. The maximum Gasteiger partial charge on any atom is 0.241 e. The van der Waals surface area contributed by atoms with Crippen LogP contribution >= 0.6 is 0 Å². The van der Waals surface area contributed by atoms with E-state index in [9.17, 15) is 4.79 Å². The highest BCUT2D eigenvalue weighted by molar-refractivity contribution is 5.84. The molecule has 4 nitrogen and oxygen atoms in total. The Labute approximate surface area is 127 Å². The summed E-state index contributed by atoms with van der Waals surface area (Å²) in [6.45, 7) is 5.05. The van der Waals surface area contributed by atoms with Gasteiger partial charge < -0.3 is 9.64 Å². The van der Waals surface area contributed by atoms with Gasteiger partial charge in [0, 0.05) is 6.54 Å². The lowest BCUT2D eigenvalue weighted by molar-refractivity contribution is -0.130. The van der Waals surface area contributed by atoms with Crippen molar-refractivity contribution in [3.05, 3.63) is 29.8 Å². The normalized spacial score (nSPS) is 21.9. The number of nitrogens with one attached hydrogen (secondary N) is 1. The summed E-state index contributed by atoms with van der Waals surface area (Å²) in [6, 6.07) is 7.92. The number of benzene rings is 1. The standard InChI is InChI=1S/C17H26N2O2/c1-4-6-10-15-17(20)19(11-5-2)16(18-15)13-8-7-9-14(12-13)21-3/h7-9,12,15-16,18H,4-6,10-11H2,1-3H3. The molecule has 0 saturated carbocycles. The predicted octanol–water partition coefficient (Wildman–Crippen LogP) is 3.09. The van der Waals surface area contributed by atoms with E-state index in [2.05, 4.69) is 25.2 Å². The number of nitrogens with zero attached hydrogens (tertiary/aromatic N) is 1. The van der Waals surface area contributed by atoms with E-state index in [1.54, 1.807) is 7.11 Å². The Bertz CT molecular complexity index is 476. The summed E-state index contributed by atoms with van der Waals surface area (Å²) in [4.78, 5) is 14.5. The average molecular weight is 290 g/mol.